The molecule has 0 radical (unpaired) electrons. The Labute approximate surface area is 385 Å². The summed E-state index contributed by atoms with van der Waals surface area (Å²) in [6.45, 7) is 16.2. The number of aryl methyl sites for hydroxylation is 3. The first kappa shape index (κ1) is 44.8. The van der Waals surface area contributed by atoms with Crippen LogP contribution in [0, 0.1) is 33.1 Å². The molecule has 2 aliphatic heterocycles. The second-order valence-electron chi connectivity index (χ2n) is 17.5. The first-order valence-electron chi connectivity index (χ1n) is 21.3. The number of rotatable bonds is 11. The van der Waals surface area contributed by atoms with Crippen LogP contribution in [-0.4, -0.2) is 79.8 Å². The SMILES string of the molecule is COC(=O)C[C@@H]1N=C(c2ccc(-c3ccc(C(=O)NC(C(=O)N4CCC[C@H]4C(=O)N[C@@H](C)c4ccc(-c5scnc5C)cc4)C(C)(C)C)s3)cc2)c2c(sc(C)c2C)-n2c(C)nnc21. The topological polar surface area (TPSA) is 161 Å². The van der Waals surface area contributed by atoms with Gasteiger partial charge in [-0.3, -0.25) is 28.7 Å². The Morgan fingerprint density at radius 1 is 0.891 bits per heavy atom. The van der Waals surface area contributed by atoms with Gasteiger partial charge in [-0.2, -0.15) is 0 Å². The zero-order chi connectivity index (χ0) is 45.6. The second kappa shape index (κ2) is 18.0. The zero-order valence-corrected chi connectivity index (χ0v) is 39.9. The van der Waals surface area contributed by atoms with Gasteiger partial charge in [0.15, 0.2) is 5.82 Å². The number of carbonyl (C=O) groups is 4. The molecule has 332 valence electrons. The molecule has 2 aliphatic rings. The summed E-state index contributed by atoms with van der Waals surface area (Å²) < 4.78 is 7.04. The van der Waals surface area contributed by atoms with E-state index in [1.54, 1.807) is 33.6 Å². The number of ether oxygens (including phenoxy) is 1. The Hall–Kier alpha value is -5.84. The monoisotopic (exact) mass is 916 g/mol. The van der Waals surface area contributed by atoms with Crippen molar-refractivity contribution in [3.05, 3.63) is 116 Å². The number of amides is 3. The van der Waals surface area contributed by atoms with Gasteiger partial charge in [-0.15, -0.1) is 44.2 Å². The predicted molar refractivity (Wildman–Crippen MR) is 253 cm³/mol. The number of methoxy groups -OCH3 is 1. The van der Waals surface area contributed by atoms with Gasteiger partial charge < -0.3 is 20.3 Å². The molecule has 6 aromatic rings. The minimum atomic E-state index is -0.868. The Balaban J connectivity index is 0.968. The highest BCUT2D eigenvalue weighted by Gasteiger charge is 2.42. The zero-order valence-electron chi connectivity index (χ0n) is 37.4. The molecular formula is C48H52N8O5S3. The number of nitrogens with one attached hydrogen (secondary N) is 2. The average molecular weight is 917 g/mol. The molecule has 2 N–H and O–H groups in total. The summed E-state index contributed by atoms with van der Waals surface area (Å²) in [5.41, 5.74) is 8.84. The van der Waals surface area contributed by atoms with Gasteiger partial charge >= 0.3 is 5.97 Å². The largest absolute Gasteiger partial charge is 0.469 e. The van der Waals surface area contributed by atoms with Crippen LogP contribution in [0.3, 0.4) is 0 Å². The van der Waals surface area contributed by atoms with Crippen molar-refractivity contribution in [2.24, 2.45) is 10.4 Å². The van der Waals surface area contributed by atoms with Crippen molar-refractivity contribution in [3.63, 3.8) is 0 Å². The van der Waals surface area contributed by atoms with Crippen LogP contribution < -0.4 is 10.6 Å². The average Bonchev–Trinajstić information content (AvgIpc) is 4.13. The number of nitrogens with zero attached hydrogens (tertiary/aromatic N) is 6. The highest BCUT2D eigenvalue weighted by Crippen LogP contribution is 2.40. The number of likely N-dealkylation sites (tertiary alicyclic amines) is 1. The van der Waals surface area contributed by atoms with E-state index >= 15 is 0 Å². The summed E-state index contributed by atoms with van der Waals surface area (Å²) in [7, 11) is 1.37. The number of benzene rings is 2. The van der Waals surface area contributed by atoms with E-state index in [0.29, 0.717) is 35.9 Å². The molecule has 4 atom stereocenters. The van der Waals surface area contributed by atoms with Gasteiger partial charge in [0.1, 0.15) is 29.0 Å². The Morgan fingerprint density at radius 2 is 1.59 bits per heavy atom. The van der Waals surface area contributed by atoms with Gasteiger partial charge in [0.05, 0.1) is 46.2 Å². The van der Waals surface area contributed by atoms with Crippen LogP contribution in [0.15, 0.2) is 71.2 Å². The number of aliphatic imine (C=N–C) groups is 1. The van der Waals surface area contributed by atoms with Crippen LogP contribution in [0.5, 0.6) is 0 Å². The lowest BCUT2D eigenvalue weighted by atomic mass is 9.85. The van der Waals surface area contributed by atoms with Crippen LogP contribution in [0.4, 0.5) is 0 Å². The summed E-state index contributed by atoms with van der Waals surface area (Å²) in [5, 5.41) is 16.0. The molecule has 13 nitrogen and oxygen atoms in total. The number of fused-ring (bicyclic) bond motifs is 3. The molecule has 0 saturated carbocycles. The molecule has 8 rings (SSSR count). The number of hydrogen-bond acceptors (Lipinski definition) is 12. The molecule has 2 aromatic carbocycles. The predicted octanol–water partition coefficient (Wildman–Crippen LogP) is 8.88. The van der Waals surface area contributed by atoms with Gasteiger partial charge in [0.2, 0.25) is 11.8 Å². The van der Waals surface area contributed by atoms with E-state index in [1.165, 1.54) is 18.4 Å². The molecule has 1 saturated heterocycles. The van der Waals surface area contributed by atoms with Gasteiger partial charge in [-0.1, -0.05) is 69.3 Å². The minimum Gasteiger partial charge on any atom is -0.469 e. The number of hydrogen-bond donors (Lipinski definition) is 2. The lowest BCUT2D eigenvalue weighted by Crippen LogP contribution is -2.57. The summed E-state index contributed by atoms with van der Waals surface area (Å²) in [6.07, 6.45) is 1.25. The second-order valence-corrected chi connectivity index (χ2v) is 20.6. The molecule has 6 heterocycles. The summed E-state index contributed by atoms with van der Waals surface area (Å²) >= 11 is 4.59. The molecule has 0 bridgehead atoms. The van der Waals surface area contributed by atoms with Gasteiger partial charge in [0, 0.05) is 27.4 Å². The Morgan fingerprint density at radius 3 is 2.27 bits per heavy atom. The van der Waals surface area contributed by atoms with E-state index in [4.69, 9.17) is 9.73 Å². The molecule has 16 heteroatoms. The third kappa shape index (κ3) is 8.70. The van der Waals surface area contributed by atoms with Crippen molar-refractivity contribution in [2.45, 2.75) is 98.8 Å². The summed E-state index contributed by atoms with van der Waals surface area (Å²) in [4.78, 5) is 69.5. The van der Waals surface area contributed by atoms with Crippen molar-refractivity contribution >= 4 is 63.4 Å². The van der Waals surface area contributed by atoms with E-state index < -0.39 is 23.5 Å². The number of thiazole rings is 1. The van der Waals surface area contributed by atoms with E-state index in [0.717, 1.165) is 64.4 Å². The standard InChI is InChI=1S/C48H52N8O5S3/c1-25-28(4)63-47-39(25)40(51-34(23-38(57)61-9)43-54-53-29(5)56(43)47)32-16-14-31(15-17-32)36-20-21-37(64-36)45(59)52-42(48(6,7)8)46(60)55-22-10-11-35(55)44(58)50-26(2)30-12-18-33(19-13-30)41-27(3)49-24-62-41/h12-21,24,26,34-35,42H,10-11,22-23H2,1-9H3,(H,50,58)(H,52,59)/t26-,34-,35-,42?/m0/s1. The normalized spacial score (nSPS) is 16.9. The van der Waals surface area contributed by atoms with Crippen molar-refractivity contribution < 1.29 is 23.9 Å². The van der Waals surface area contributed by atoms with E-state index in [1.807, 2.05) is 106 Å². The van der Waals surface area contributed by atoms with Crippen LogP contribution in [0.2, 0.25) is 0 Å². The molecule has 1 unspecified atom stereocenters. The van der Waals surface area contributed by atoms with Crippen LogP contribution >= 0.6 is 34.0 Å². The van der Waals surface area contributed by atoms with Crippen molar-refractivity contribution in [2.75, 3.05) is 13.7 Å². The van der Waals surface area contributed by atoms with Crippen molar-refractivity contribution in [1.82, 2.24) is 35.3 Å². The molecule has 64 heavy (non-hydrogen) atoms. The highest BCUT2D eigenvalue weighted by atomic mass is 32.1. The fourth-order valence-corrected chi connectivity index (χ4v) is 11.3. The Bertz CT molecular complexity index is 2770. The van der Waals surface area contributed by atoms with E-state index in [2.05, 4.69) is 39.7 Å². The maximum atomic E-state index is 14.4. The van der Waals surface area contributed by atoms with Crippen molar-refractivity contribution in [3.8, 4) is 25.9 Å². The van der Waals surface area contributed by atoms with E-state index in [9.17, 15) is 19.2 Å². The lowest BCUT2D eigenvalue weighted by molar-refractivity contribution is -0.142. The molecule has 0 spiro atoms. The van der Waals surface area contributed by atoms with Crippen LogP contribution in [0.1, 0.15) is 113 Å². The van der Waals surface area contributed by atoms with Gasteiger partial charge in [0.25, 0.3) is 5.91 Å². The molecule has 3 amide bonds. The third-order valence-electron chi connectivity index (χ3n) is 12.1. The lowest BCUT2D eigenvalue weighted by Gasteiger charge is -2.35. The number of esters is 1. The third-order valence-corrected chi connectivity index (χ3v) is 15.4. The molecule has 4 aromatic heterocycles. The maximum Gasteiger partial charge on any atom is 0.308 e. The van der Waals surface area contributed by atoms with Crippen LogP contribution in [-0.2, 0) is 19.1 Å². The fraction of sp³-hybridized carbons (Fsp3) is 0.375. The number of thiophene rings is 2. The Kier molecular flexibility index (Phi) is 12.6. The first-order chi connectivity index (χ1) is 30.5. The molecule has 0 aliphatic carbocycles. The van der Waals surface area contributed by atoms with Gasteiger partial charge in [-0.05, 0) is 87.3 Å². The fourth-order valence-electron chi connectivity index (χ4n) is 8.39. The molecular weight excluding hydrogens is 865 g/mol. The first-order valence-corrected chi connectivity index (χ1v) is 23.8. The minimum absolute atomic E-state index is 0.0168. The van der Waals surface area contributed by atoms with Crippen molar-refractivity contribution in [1.29, 1.82) is 0 Å². The summed E-state index contributed by atoms with van der Waals surface area (Å²) in [6, 6.07) is 17.5. The number of carbonyl (C=O) groups excluding carboxylic acids is 4. The highest BCUT2D eigenvalue weighted by molar-refractivity contribution is 7.17. The van der Waals surface area contributed by atoms with E-state index in [-0.39, 0.29) is 36.2 Å². The van der Waals surface area contributed by atoms with Crippen LogP contribution in [0.25, 0.3) is 25.9 Å². The smallest absolute Gasteiger partial charge is 0.308 e. The summed E-state index contributed by atoms with van der Waals surface area (Å²) in [5.74, 6) is 0.0828. The quantitative estimate of drug-likeness (QED) is 0.122. The maximum absolute atomic E-state index is 14.4. The van der Waals surface area contributed by atoms with Gasteiger partial charge in [-0.25, -0.2) is 4.98 Å². The molecule has 1 fully saturated rings. The number of aromatic nitrogens is 4.